The highest BCUT2D eigenvalue weighted by Crippen LogP contribution is 2.53. The second-order valence-electron chi connectivity index (χ2n) is 9.13. The largest absolute Gasteiger partial charge is 0.292 e. The van der Waals surface area contributed by atoms with Crippen molar-refractivity contribution in [3.8, 4) is 0 Å². The molecule has 2 aromatic rings. The number of hydrazine groups is 1. The highest BCUT2D eigenvalue weighted by atomic mass is 35.5. The molecule has 6 nitrogen and oxygen atoms in total. The van der Waals surface area contributed by atoms with Gasteiger partial charge in [-0.3, -0.25) is 19.2 Å². The minimum atomic E-state index is -1.30. The number of allylic oxidation sites excluding steroid dienone is 2. The van der Waals surface area contributed by atoms with Crippen LogP contribution >= 0.6 is 34.8 Å². The molecular formula is C26H20Cl3FN2O4. The van der Waals surface area contributed by atoms with Gasteiger partial charge in [-0.1, -0.05) is 35.4 Å². The summed E-state index contributed by atoms with van der Waals surface area (Å²) in [5, 5.41) is 2.05. The van der Waals surface area contributed by atoms with Crippen molar-refractivity contribution in [1.29, 1.82) is 0 Å². The molecule has 1 saturated heterocycles. The number of imide groups is 1. The molecule has 1 saturated carbocycles. The average molecular weight is 550 g/mol. The molecule has 0 unspecified atom stereocenters. The van der Waals surface area contributed by atoms with Crippen LogP contribution in [0.3, 0.4) is 0 Å². The van der Waals surface area contributed by atoms with Crippen molar-refractivity contribution in [2.45, 2.75) is 18.9 Å². The van der Waals surface area contributed by atoms with Gasteiger partial charge in [0.2, 0.25) is 0 Å². The normalized spacial score (nSPS) is 24.8. The summed E-state index contributed by atoms with van der Waals surface area (Å²) in [4.78, 5) is 54.8. The van der Waals surface area contributed by atoms with Crippen molar-refractivity contribution >= 4 is 58.3 Å². The van der Waals surface area contributed by atoms with Gasteiger partial charge in [-0.15, -0.1) is 11.6 Å². The standard InChI is InChI=1S/C26H20Cl3FN2O4/c27-10-9-20(23(33)13-3-6-17(30)7-4-13)31(24(34)16-5-8-18(28)19(29)12-16)32-25(35)21-14-1-2-15(11-14)22(21)26(32)36/h1-8,12,14-15,20-22H,9-11H2/t14-,15-,20-,21-,22-/m0/s1. The van der Waals surface area contributed by atoms with E-state index in [9.17, 15) is 23.6 Å². The quantitative estimate of drug-likeness (QED) is 0.207. The summed E-state index contributed by atoms with van der Waals surface area (Å²) in [5.41, 5.74) is 0.147. The van der Waals surface area contributed by atoms with Gasteiger partial charge in [0.1, 0.15) is 11.9 Å². The molecule has 3 aliphatic rings. The molecular weight excluding hydrogens is 530 g/mol. The molecule has 2 bridgehead atoms. The summed E-state index contributed by atoms with van der Waals surface area (Å²) in [6.07, 6.45) is 4.53. The Labute approximate surface area is 221 Å². The molecule has 0 N–H and O–H groups in total. The van der Waals surface area contributed by atoms with Gasteiger partial charge in [0.25, 0.3) is 17.7 Å². The van der Waals surface area contributed by atoms with Crippen LogP contribution in [-0.2, 0) is 9.59 Å². The van der Waals surface area contributed by atoms with Crippen LogP contribution in [0.4, 0.5) is 4.39 Å². The molecule has 2 aliphatic carbocycles. The second-order valence-corrected chi connectivity index (χ2v) is 10.3. The van der Waals surface area contributed by atoms with Crippen molar-refractivity contribution in [2.24, 2.45) is 23.7 Å². The number of benzene rings is 2. The van der Waals surface area contributed by atoms with E-state index < -0.39 is 47.2 Å². The molecule has 5 rings (SSSR count). The van der Waals surface area contributed by atoms with Gasteiger partial charge in [0.05, 0.1) is 21.9 Å². The van der Waals surface area contributed by atoms with E-state index in [-0.39, 0.29) is 45.3 Å². The zero-order valence-electron chi connectivity index (χ0n) is 18.7. The minimum Gasteiger partial charge on any atom is -0.292 e. The number of rotatable bonds is 7. The Morgan fingerprint density at radius 3 is 2.08 bits per heavy atom. The molecule has 36 heavy (non-hydrogen) atoms. The number of amides is 3. The Bertz CT molecular complexity index is 1270. The highest BCUT2D eigenvalue weighted by molar-refractivity contribution is 6.42. The molecule has 0 radical (unpaired) electrons. The second kappa shape index (κ2) is 9.61. The number of hydrogen-bond donors (Lipinski definition) is 0. The van der Waals surface area contributed by atoms with E-state index in [1.807, 2.05) is 12.2 Å². The first-order chi connectivity index (χ1) is 17.2. The summed E-state index contributed by atoms with van der Waals surface area (Å²) in [6, 6.07) is 7.65. The molecule has 186 valence electrons. The zero-order chi connectivity index (χ0) is 25.7. The first-order valence-corrected chi connectivity index (χ1v) is 12.7. The zero-order valence-corrected chi connectivity index (χ0v) is 21.0. The van der Waals surface area contributed by atoms with Gasteiger partial charge in [0, 0.05) is 17.0 Å². The third kappa shape index (κ3) is 4.03. The third-order valence-corrected chi connectivity index (χ3v) is 8.10. The lowest BCUT2D eigenvalue weighted by Crippen LogP contribution is -2.58. The summed E-state index contributed by atoms with van der Waals surface area (Å²) in [6.45, 7) is 0. The molecule has 0 spiro atoms. The maximum atomic E-state index is 13.9. The molecule has 1 heterocycles. The summed E-state index contributed by atoms with van der Waals surface area (Å²) >= 11 is 18.2. The van der Waals surface area contributed by atoms with Crippen molar-refractivity contribution in [3.05, 3.63) is 81.6 Å². The third-order valence-electron chi connectivity index (χ3n) is 7.15. The van der Waals surface area contributed by atoms with Crippen LogP contribution in [0, 0.1) is 29.5 Å². The van der Waals surface area contributed by atoms with Gasteiger partial charge >= 0.3 is 0 Å². The number of hydrogen-bond acceptors (Lipinski definition) is 4. The van der Waals surface area contributed by atoms with Crippen LogP contribution in [0.25, 0.3) is 0 Å². The number of halogens is 4. The van der Waals surface area contributed by atoms with Crippen molar-refractivity contribution in [1.82, 2.24) is 10.0 Å². The van der Waals surface area contributed by atoms with Gasteiger partial charge in [-0.05, 0) is 67.1 Å². The molecule has 2 aromatic carbocycles. The summed E-state index contributed by atoms with van der Waals surface area (Å²) in [5.74, 6) is -4.36. The van der Waals surface area contributed by atoms with E-state index in [4.69, 9.17) is 34.8 Å². The van der Waals surface area contributed by atoms with E-state index in [0.717, 1.165) is 22.2 Å². The SMILES string of the molecule is O=C(c1ccc(F)cc1)[C@H](CCCl)N(C(=O)c1ccc(Cl)c(Cl)c1)N1C(=O)[C@@H]2[C@@H](C1=O)[C@H]1C=C[C@H]2C1. The molecule has 0 aromatic heterocycles. The van der Waals surface area contributed by atoms with E-state index in [2.05, 4.69) is 0 Å². The van der Waals surface area contributed by atoms with Crippen LogP contribution < -0.4 is 0 Å². The predicted molar refractivity (Wildman–Crippen MR) is 132 cm³/mol. The fourth-order valence-corrected chi connectivity index (χ4v) is 6.01. The van der Waals surface area contributed by atoms with Gasteiger partial charge in [-0.2, -0.15) is 5.01 Å². The van der Waals surface area contributed by atoms with Crippen molar-refractivity contribution < 1.29 is 23.6 Å². The Morgan fingerprint density at radius 1 is 0.944 bits per heavy atom. The van der Waals surface area contributed by atoms with Gasteiger partial charge in [0.15, 0.2) is 5.78 Å². The monoisotopic (exact) mass is 548 g/mol. The maximum absolute atomic E-state index is 13.9. The lowest BCUT2D eigenvalue weighted by Gasteiger charge is -2.36. The summed E-state index contributed by atoms with van der Waals surface area (Å²) in [7, 11) is 0. The topological polar surface area (TPSA) is 74.8 Å². The van der Waals surface area contributed by atoms with Crippen molar-refractivity contribution in [2.75, 3.05) is 5.88 Å². The first-order valence-electron chi connectivity index (χ1n) is 11.4. The van der Waals surface area contributed by atoms with Gasteiger partial charge < -0.3 is 0 Å². The molecule has 3 amide bonds. The Morgan fingerprint density at radius 2 is 1.53 bits per heavy atom. The minimum absolute atomic E-state index is 0.0367. The highest BCUT2D eigenvalue weighted by Gasteiger charge is 2.62. The lowest BCUT2D eigenvalue weighted by atomic mass is 9.85. The number of Topliss-reactive ketones (excluding diaryl/α,β-unsaturated/α-hetero) is 1. The Balaban J connectivity index is 1.60. The van der Waals surface area contributed by atoms with Crippen molar-refractivity contribution in [3.63, 3.8) is 0 Å². The fourth-order valence-electron chi connectivity index (χ4n) is 5.51. The number of nitrogens with zero attached hydrogens (tertiary/aromatic N) is 2. The van der Waals surface area contributed by atoms with E-state index in [1.165, 1.54) is 30.3 Å². The number of carbonyl (C=O) groups is 4. The van der Waals surface area contributed by atoms with Crippen LogP contribution in [0.5, 0.6) is 0 Å². The lowest BCUT2D eigenvalue weighted by molar-refractivity contribution is -0.157. The predicted octanol–water partition coefficient (Wildman–Crippen LogP) is 5.18. The Hall–Kier alpha value is -2.74. The number of carbonyl (C=O) groups excluding carboxylic acids is 4. The van der Waals surface area contributed by atoms with Gasteiger partial charge in [-0.25, -0.2) is 9.40 Å². The van der Waals surface area contributed by atoms with E-state index in [0.29, 0.717) is 6.42 Å². The van der Waals surface area contributed by atoms with Crippen LogP contribution in [0.15, 0.2) is 54.6 Å². The first kappa shape index (κ1) is 24.9. The number of alkyl halides is 1. The molecule has 1 aliphatic heterocycles. The Kier molecular flexibility index (Phi) is 6.66. The number of ketones is 1. The van der Waals surface area contributed by atoms with E-state index >= 15 is 0 Å². The average Bonchev–Trinajstić information content (AvgIpc) is 3.55. The fraction of sp³-hybridized carbons (Fsp3) is 0.308. The maximum Gasteiger partial charge on any atom is 0.273 e. The molecule has 5 atom stereocenters. The molecule has 2 fully saturated rings. The molecule has 10 heteroatoms. The summed E-state index contributed by atoms with van der Waals surface area (Å²) < 4.78 is 13.5. The van der Waals surface area contributed by atoms with Crippen LogP contribution in [0.1, 0.15) is 33.6 Å². The number of fused-ring (bicyclic) bond motifs is 5. The van der Waals surface area contributed by atoms with E-state index in [1.54, 1.807) is 0 Å². The smallest absolute Gasteiger partial charge is 0.273 e. The van der Waals surface area contributed by atoms with Crippen LogP contribution in [0.2, 0.25) is 10.0 Å². The van der Waals surface area contributed by atoms with Crippen LogP contribution in [-0.4, -0.2) is 45.4 Å².